The summed E-state index contributed by atoms with van der Waals surface area (Å²) < 4.78 is 12.0. The lowest BCUT2D eigenvalue weighted by atomic mass is 10.1. The number of hydrogen-bond acceptors (Lipinski definition) is 4. The number of ether oxygens (including phenoxy) is 2. The minimum absolute atomic E-state index is 0.0264. The van der Waals surface area contributed by atoms with E-state index in [1.165, 1.54) is 0 Å². The second kappa shape index (κ2) is 6.49. The zero-order chi connectivity index (χ0) is 15.4. The van der Waals surface area contributed by atoms with Crippen LogP contribution in [0.25, 0.3) is 0 Å². The summed E-state index contributed by atoms with van der Waals surface area (Å²) >= 11 is 3.44. The molecule has 110 valence electrons. The summed E-state index contributed by atoms with van der Waals surface area (Å²) in [5, 5.41) is 11.9. The van der Waals surface area contributed by atoms with Crippen LogP contribution >= 0.6 is 15.9 Å². The Morgan fingerprint density at radius 3 is 2.52 bits per heavy atom. The summed E-state index contributed by atoms with van der Waals surface area (Å²) in [5.74, 6) is 1.69. The van der Waals surface area contributed by atoms with E-state index in [2.05, 4.69) is 21.1 Å². The van der Waals surface area contributed by atoms with E-state index in [-0.39, 0.29) is 5.84 Å². The van der Waals surface area contributed by atoms with Crippen LogP contribution in [0.15, 0.2) is 46.0 Å². The highest BCUT2D eigenvalue weighted by atomic mass is 79.9. The lowest BCUT2D eigenvalue weighted by molar-refractivity contribution is 0.318. The summed E-state index contributed by atoms with van der Waals surface area (Å²) in [6, 6.07) is 10.7. The molecule has 0 fully saturated rings. The minimum atomic E-state index is -0.0264. The van der Waals surface area contributed by atoms with Gasteiger partial charge in [0.05, 0.1) is 12.7 Å². The van der Waals surface area contributed by atoms with Crippen molar-refractivity contribution in [3.05, 3.63) is 52.0 Å². The van der Waals surface area contributed by atoms with Crippen molar-refractivity contribution in [1.82, 2.24) is 0 Å². The number of halogens is 1. The molecule has 0 aromatic heterocycles. The molecule has 0 bridgehead atoms. The number of aryl methyl sites for hydroxylation is 1. The summed E-state index contributed by atoms with van der Waals surface area (Å²) in [5.41, 5.74) is 7.19. The highest BCUT2D eigenvalue weighted by molar-refractivity contribution is 9.10. The molecule has 0 spiro atoms. The molecule has 6 heteroatoms. The molecular formula is C15H15BrN2O3. The molecule has 2 aromatic rings. The van der Waals surface area contributed by atoms with E-state index >= 15 is 0 Å². The molecule has 0 saturated heterocycles. The Hall–Kier alpha value is -2.21. The summed E-state index contributed by atoms with van der Waals surface area (Å²) in [4.78, 5) is 0. The number of amidine groups is 1. The molecule has 0 amide bonds. The summed E-state index contributed by atoms with van der Waals surface area (Å²) in [7, 11) is 1.56. The molecule has 2 rings (SSSR count). The fourth-order valence-corrected chi connectivity index (χ4v) is 2.03. The number of nitrogens with two attached hydrogens (primary N) is 1. The van der Waals surface area contributed by atoms with Crippen LogP contribution in [0.4, 0.5) is 0 Å². The molecule has 0 saturated carbocycles. The van der Waals surface area contributed by atoms with Gasteiger partial charge in [0.2, 0.25) is 0 Å². The first-order valence-electron chi connectivity index (χ1n) is 6.15. The standard InChI is InChI=1S/C15H15BrN2O3/c1-9-7-11(4-6-13(9)16)21-14-8-10(20-2)3-5-12(14)15(17)18-19/h3-8,19H,1-2H3,(H2,17,18). The zero-order valence-corrected chi connectivity index (χ0v) is 13.2. The van der Waals surface area contributed by atoms with Crippen molar-refractivity contribution < 1.29 is 14.7 Å². The van der Waals surface area contributed by atoms with Gasteiger partial charge in [0.1, 0.15) is 17.2 Å². The van der Waals surface area contributed by atoms with Crippen LogP contribution in [0, 0.1) is 6.92 Å². The fourth-order valence-electron chi connectivity index (χ4n) is 1.79. The highest BCUT2D eigenvalue weighted by Crippen LogP contribution is 2.31. The van der Waals surface area contributed by atoms with Crippen LogP contribution in [0.5, 0.6) is 17.2 Å². The van der Waals surface area contributed by atoms with E-state index in [1.807, 2.05) is 25.1 Å². The van der Waals surface area contributed by atoms with Gasteiger partial charge in [-0.25, -0.2) is 0 Å². The molecule has 0 radical (unpaired) electrons. The molecule has 2 aromatic carbocycles. The number of benzene rings is 2. The lowest BCUT2D eigenvalue weighted by Gasteiger charge is -2.12. The molecule has 21 heavy (non-hydrogen) atoms. The average molecular weight is 351 g/mol. The number of methoxy groups -OCH3 is 1. The van der Waals surface area contributed by atoms with Gasteiger partial charge in [-0.15, -0.1) is 0 Å². The van der Waals surface area contributed by atoms with Crippen molar-refractivity contribution in [2.45, 2.75) is 6.92 Å². The minimum Gasteiger partial charge on any atom is -0.497 e. The molecule has 0 heterocycles. The van der Waals surface area contributed by atoms with E-state index in [1.54, 1.807) is 25.3 Å². The Kier molecular flexibility index (Phi) is 4.70. The van der Waals surface area contributed by atoms with Crippen LogP contribution in [-0.4, -0.2) is 18.2 Å². The summed E-state index contributed by atoms with van der Waals surface area (Å²) in [6.45, 7) is 1.97. The largest absolute Gasteiger partial charge is 0.497 e. The quantitative estimate of drug-likeness (QED) is 0.382. The first-order chi connectivity index (χ1) is 10.0. The van der Waals surface area contributed by atoms with Crippen LogP contribution in [0.2, 0.25) is 0 Å². The van der Waals surface area contributed by atoms with Gasteiger partial charge in [0, 0.05) is 10.5 Å². The Balaban J connectivity index is 2.43. The third kappa shape index (κ3) is 3.46. The van der Waals surface area contributed by atoms with Crippen LogP contribution in [0.1, 0.15) is 11.1 Å². The first-order valence-corrected chi connectivity index (χ1v) is 6.94. The van der Waals surface area contributed by atoms with Gasteiger partial charge >= 0.3 is 0 Å². The van der Waals surface area contributed by atoms with Crippen molar-refractivity contribution in [2.24, 2.45) is 10.9 Å². The number of oxime groups is 1. The van der Waals surface area contributed by atoms with Gasteiger partial charge in [0.25, 0.3) is 0 Å². The maximum Gasteiger partial charge on any atom is 0.173 e. The van der Waals surface area contributed by atoms with Gasteiger partial charge < -0.3 is 20.4 Å². The van der Waals surface area contributed by atoms with Crippen molar-refractivity contribution in [3.63, 3.8) is 0 Å². The zero-order valence-electron chi connectivity index (χ0n) is 11.6. The van der Waals surface area contributed by atoms with Gasteiger partial charge in [-0.05, 0) is 42.8 Å². The van der Waals surface area contributed by atoms with E-state index in [4.69, 9.17) is 20.4 Å². The predicted octanol–water partition coefficient (Wildman–Crippen LogP) is 3.65. The molecule has 0 aliphatic carbocycles. The van der Waals surface area contributed by atoms with Crippen LogP contribution < -0.4 is 15.2 Å². The average Bonchev–Trinajstić information content (AvgIpc) is 2.50. The SMILES string of the molecule is COc1ccc(/C(N)=N/O)c(Oc2ccc(Br)c(C)c2)c1. The van der Waals surface area contributed by atoms with Gasteiger partial charge in [-0.3, -0.25) is 0 Å². The molecule has 0 atom stereocenters. The van der Waals surface area contributed by atoms with E-state index in [0.717, 1.165) is 10.0 Å². The van der Waals surface area contributed by atoms with Crippen molar-refractivity contribution in [1.29, 1.82) is 0 Å². The first kappa shape index (κ1) is 15.2. The van der Waals surface area contributed by atoms with E-state index < -0.39 is 0 Å². The molecule has 3 N–H and O–H groups in total. The second-order valence-corrected chi connectivity index (χ2v) is 5.21. The predicted molar refractivity (Wildman–Crippen MR) is 84.5 cm³/mol. The molecule has 0 unspecified atom stereocenters. The maximum absolute atomic E-state index is 8.86. The van der Waals surface area contributed by atoms with Gasteiger partial charge in [0.15, 0.2) is 5.84 Å². The Bertz CT molecular complexity index is 687. The molecule has 0 aliphatic heterocycles. The third-order valence-electron chi connectivity index (χ3n) is 2.93. The Morgan fingerprint density at radius 1 is 1.19 bits per heavy atom. The van der Waals surface area contributed by atoms with E-state index in [0.29, 0.717) is 22.8 Å². The molecule has 5 nitrogen and oxygen atoms in total. The Morgan fingerprint density at radius 2 is 1.90 bits per heavy atom. The topological polar surface area (TPSA) is 77.1 Å². The Labute approximate surface area is 131 Å². The van der Waals surface area contributed by atoms with Crippen molar-refractivity contribution >= 4 is 21.8 Å². The van der Waals surface area contributed by atoms with Crippen molar-refractivity contribution in [3.8, 4) is 17.2 Å². The molecular weight excluding hydrogens is 336 g/mol. The number of rotatable bonds is 4. The highest BCUT2D eigenvalue weighted by Gasteiger charge is 2.11. The second-order valence-electron chi connectivity index (χ2n) is 4.36. The lowest BCUT2D eigenvalue weighted by Crippen LogP contribution is -2.14. The normalized spacial score (nSPS) is 11.3. The van der Waals surface area contributed by atoms with Crippen LogP contribution in [-0.2, 0) is 0 Å². The van der Waals surface area contributed by atoms with E-state index in [9.17, 15) is 0 Å². The maximum atomic E-state index is 8.86. The van der Waals surface area contributed by atoms with Gasteiger partial charge in [-0.1, -0.05) is 21.1 Å². The number of nitrogens with zero attached hydrogens (tertiary/aromatic N) is 1. The smallest absolute Gasteiger partial charge is 0.173 e. The fraction of sp³-hybridized carbons (Fsp3) is 0.133. The molecule has 0 aliphatic rings. The monoisotopic (exact) mass is 350 g/mol. The third-order valence-corrected chi connectivity index (χ3v) is 3.82. The van der Waals surface area contributed by atoms with Gasteiger partial charge in [-0.2, -0.15) is 0 Å². The number of hydrogen-bond donors (Lipinski definition) is 2. The van der Waals surface area contributed by atoms with Crippen molar-refractivity contribution in [2.75, 3.05) is 7.11 Å². The summed E-state index contributed by atoms with van der Waals surface area (Å²) in [6.07, 6.45) is 0. The van der Waals surface area contributed by atoms with Crippen LogP contribution in [0.3, 0.4) is 0 Å².